The Balaban J connectivity index is 0.00000146. The molecule has 4 aromatic carbocycles. The Hall–Kier alpha value is -2.52. The normalized spacial score (nSPS) is 17.7. The Bertz CT molecular complexity index is 1040. The van der Waals surface area contributed by atoms with Crippen molar-refractivity contribution in [3.05, 3.63) is 60.2 Å². The van der Waals surface area contributed by atoms with Gasteiger partial charge in [0.1, 0.15) is 0 Å². The van der Waals surface area contributed by atoms with Crippen molar-refractivity contribution >= 4 is 50.8 Å². The van der Waals surface area contributed by atoms with Crippen LogP contribution in [0, 0.1) is 0 Å². The van der Waals surface area contributed by atoms with Gasteiger partial charge in [0.2, 0.25) is 0 Å². The molecule has 1 saturated heterocycles. The Morgan fingerprint density at radius 2 is 1.54 bits per heavy atom. The van der Waals surface area contributed by atoms with Crippen molar-refractivity contribution in [1.29, 1.82) is 0 Å². The van der Waals surface area contributed by atoms with Gasteiger partial charge >= 0.3 is 6.09 Å². The summed E-state index contributed by atoms with van der Waals surface area (Å²) in [6.45, 7) is 0.471. The first-order chi connectivity index (χ1) is 11.3. The van der Waals surface area contributed by atoms with Gasteiger partial charge in [-0.2, -0.15) is 0 Å². The average Bonchev–Trinajstić information content (AvgIpc) is 2.59. The molecule has 0 spiro atoms. The molecule has 0 unspecified atom stereocenters. The molecule has 1 amide bonds. The summed E-state index contributed by atoms with van der Waals surface area (Å²) in [6, 6.07) is 19.4. The van der Waals surface area contributed by atoms with Gasteiger partial charge in [0.05, 0.1) is 12.6 Å². The Morgan fingerprint density at radius 3 is 2.29 bits per heavy atom. The molecule has 1 aliphatic heterocycles. The molecule has 24 heavy (non-hydrogen) atoms. The van der Waals surface area contributed by atoms with Crippen molar-refractivity contribution in [3.8, 4) is 0 Å². The molecule has 0 radical (unpaired) electrons. The monoisotopic (exact) mass is 337 g/mol. The summed E-state index contributed by atoms with van der Waals surface area (Å²) in [7, 11) is 0. The fourth-order valence-corrected chi connectivity index (χ4v) is 3.82. The third-order valence-electron chi connectivity index (χ3n) is 4.87. The second-order valence-electron chi connectivity index (χ2n) is 6.13. The minimum Gasteiger partial charge on any atom is -0.449 e. The number of nitrogens with one attached hydrogen (secondary N) is 1. The van der Waals surface area contributed by atoms with E-state index in [1.54, 1.807) is 0 Å². The van der Waals surface area contributed by atoms with Crippen molar-refractivity contribution in [3.63, 3.8) is 0 Å². The molecule has 4 heteroatoms. The van der Waals surface area contributed by atoms with E-state index in [4.69, 9.17) is 4.74 Å². The molecular weight excluding hydrogens is 322 g/mol. The third-order valence-corrected chi connectivity index (χ3v) is 4.87. The molecule has 3 nitrogen and oxygen atoms in total. The fraction of sp³-hybridized carbons (Fsp3) is 0.150. The van der Waals surface area contributed by atoms with E-state index in [1.165, 1.54) is 37.9 Å². The van der Waals surface area contributed by atoms with Crippen LogP contribution >= 0.6 is 12.4 Å². The zero-order chi connectivity index (χ0) is 15.4. The third kappa shape index (κ3) is 2.09. The summed E-state index contributed by atoms with van der Waals surface area (Å²) >= 11 is 0. The average molecular weight is 338 g/mol. The summed E-state index contributed by atoms with van der Waals surface area (Å²) in [4.78, 5) is 11.6. The minimum atomic E-state index is -0.327. The molecule has 1 atom stereocenters. The van der Waals surface area contributed by atoms with Gasteiger partial charge in [0.15, 0.2) is 0 Å². The number of amides is 1. The highest BCUT2D eigenvalue weighted by atomic mass is 35.5. The standard InChI is InChI=1S/C20H15NO2.ClH/c22-20-21-17(10-11-23-20)15-8-6-14-5-4-12-2-1-3-13-7-9-16(15)19(14)18(12)13;/h1-9,17H,10-11H2,(H,21,22);1H/t17-;/m0./s1. The number of carbonyl (C=O) groups excluding carboxylic acids is 1. The summed E-state index contributed by atoms with van der Waals surface area (Å²) in [6.07, 6.45) is 0.474. The van der Waals surface area contributed by atoms with Crippen LogP contribution in [0.5, 0.6) is 0 Å². The molecule has 0 aliphatic carbocycles. The number of rotatable bonds is 1. The highest BCUT2D eigenvalue weighted by Gasteiger charge is 2.23. The molecule has 5 rings (SSSR count). The van der Waals surface area contributed by atoms with Crippen molar-refractivity contribution in [2.75, 3.05) is 6.61 Å². The van der Waals surface area contributed by atoms with Gasteiger partial charge < -0.3 is 10.1 Å². The molecule has 4 aromatic rings. The van der Waals surface area contributed by atoms with Crippen LogP contribution in [0.15, 0.2) is 54.6 Å². The van der Waals surface area contributed by atoms with Gasteiger partial charge in [0, 0.05) is 6.42 Å². The van der Waals surface area contributed by atoms with Crippen molar-refractivity contribution in [1.82, 2.24) is 5.32 Å². The molecule has 1 fully saturated rings. The fourth-order valence-electron chi connectivity index (χ4n) is 3.82. The number of cyclic esters (lactones) is 1. The van der Waals surface area contributed by atoms with Gasteiger partial charge in [0.25, 0.3) is 0 Å². The quantitative estimate of drug-likeness (QED) is 0.486. The van der Waals surface area contributed by atoms with Gasteiger partial charge in [-0.15, -0.1) is 12.4 Å². The Kier molecular flexibility index (Phi) is 3.47. The summed E-state index contributed by atoms with van der Waals surface area (Å²) < 4.78 is 5.00. The number of carbonyl (C=O) groups is 1. The Labute approximate surface area is 145 Å². The van der Waals surface area contributed by atoms with E-state index in [0.29, 0.717) is 6.61 Å². The number of benzene rings is 4. The zero-order valence-electron chi connectivity index (χ0n) is 12.9. The predicted octanol–water partition coefficient (Wildman–Crippen LogP) is 5.18. The second-order valence-corrected chi connectivity index (χ2v) is 6.13. The lowest BCUT2D eigenvalue weighted by molar-refractivity contribution is 0.116. The second kappa shape index (κ2) is 5.53. The van der Waals surface area contributed by atoms with Crippen LogP contribution in [0.1, 0.15) is 18.0 Å². The van der Waals surface area contributed by atoms with Crippen LogP contribution in [0.25, 0.3) is 32.3 Å². The van der Waals surface area contributed by atoms with Gasteiger partial charge in [-0.1, -0.05) is 54.6 Å². The maximum atomic E-state index is 11.6. The van der Waals surface area contributed by atoms with Crippen LogP contribution in [0.4, 0.5) is 4.79 Å². The van der Waals surface area contributed by atoms with E-state index in [-0.39, 0.29) is 24.5 Å². The maximum absolute atomic E-state index is 11.6. The van der Waals surface area contributed by atoms with E-state index in [1.807, 2.05) is 0 Å². The number of hydrogen-bond acceptors (Lipinski definition) is 2. The van der Waals surface area contributed by atoms with Gasteiger partial charge in [-0.3, -0.25) is 0 Å². The lowest BCUT2D eigenvalue weighted by Crippen LogP contribution is -2.35. The van der Waals surface area contributed by atoms with Crippen LogP contribution in [0.3, 0.4) is 0 Å². The van der Waals surface area contributed by atoms with E-state index in [2.05, 4.69) is 59.9 Å². The maximum Gasteiger partial charge on any atom is 0.407 e. The van der Waals surface area contributed by atoms with Crippen molar-refractivity contribution in [2.24, 2.45) is 0 Å². The lowest BCUT2D eigenvalue weighted by atomic mass is 9.89. The van der Waals surface area contributed by atoms with Crippen LogP contribution in [-0.2, 0) is 4.74 Å². The van der Waals surface area contributed by atoms with Crippen LogP contribution < -0.4 is 5.32 Å². The highest BCUT2D eigenvalue weighted by Crippen LogP contribution is 2.38. The number of hydrogen-bond donors (Lipinski definition) is 1. The highest BCUT2D eigenvalue weighted by molar-refractivity contribution is 6.23. The lowest BCUT2D eigenvalue weighted by Gasteiger charge is -2.25. The number of ether oxygens (including phenoxy) is 1. The van der Waals surface area contributed by atoms with E-state index < -0.39 is 0 Å². The summed E-state index contributed by atoms with van der Waals surface area (Å²) in [5.41, 5.74) is 1.17. The molecule has 0 aromatic heterocycles. The molecule has 1 heterocycles. The molecule has 0 bridgehead atoms. The van der Waals surface area contributed by atoms with Crippen LogP contribution in [0.2, 0.25) is 0 Å². The first kappa shape index (κ1) is 15.0. The molecule has 1 N–H and O–H groups in total. The SMILES string of the molecule is Cl.O=C1N[C@H](c2ccc3ccc4cccc5ccc2c3c45)CCO1. The van der Waals surface area contributed by atoms with Gasteiger partial charge in [-0.25, -0.2) is 4.79 Å². The number of alkyl carbamates (subject to hydrolysis) is 1. The van der Waals surface area contributed by atoms with E-state index >= 15 is 0 Å². The van der Waals surface area contributed by atoms with Crippen molar-refractivity contribution < 1.29 is 9.53 Å². The summed E-state index contributed by atoms with van der Waals surface area (Å²) in [5, 5.41) is 10.5. The largest absolute Gasteiger partial charge is 0.449 e. The minimum absolute atomic E-state index is 0. The molecule has 120 valence electrons. The molecular formula is C20H16ClNO2. The predicted molar refractivity (Wildman–Crippen MR) is 99.2 cm³/mol. The molecule has 0 saturated carbocycles. The van der Waals surface area contributed by atoms with E-state index in [9.17, 15) is 4.79 Å². The number of halogens is 1. The van der Waals surface area contributed by atoms with Crippen molar-refractivity contribution in [2.45, 2.75) is 12.5 Å². The van der Waals surface area contributed by atoms with Gasteiger partial charge in [-0.05, 0) is 37.9 Å². The topological polar surface area (TPSA) is 38.3 Å². The zero-order valence-corrected chi connectivity index (χ0v) is 13.7. The van der Waals surface area contributed by atoms with Crippen LogP contribution in [-0.4, -0.2) is 12.7 Å². The van der Waals surface area contributed by atoms with E-state index in [0.717, 1.165) is 6.42 Å². The first-order valence-electron chi connectivity index (χ1n) is 7.91. The first-order valence-corrected chi connectivity index (χ1v) is 7.91. The molecule has 1 aliphatic rings. The Morgan fingerprint density at radius 1 is 0.875 bits per heavy atom. The smallest absolute Gasteiger partial charge is 0.407 e. The summed E-state index contributed by atoms with van der Waals surface area (Å²) in [5.74, 6) is 0.